The smallest absolute Gasteiger partial charge is 0.315 e. The second-order valence-electron chi connectivity index (χ2n) is 10.7. The molecule has 6 rings (SSSR count). The molecule has 164 valence electrons. The van der Waals surface area contributed by atoms with Crippen molar-refractivity contribution in [3.63, 3.8) is 0 Å². The van der Waals surface area contributed by atoms with Crippen molar-refractivity contribution in [3.05, 3.63) is 35.4 Å². The van der Waals surface area contributed by atoms with Crippen LogP contribution in [0.3, 0.4) is 0 Å². The molecule has 5 nitrogen and oxygen atoms in total. The van der Waals surface area contributed by atoms with E-state index >= 15 is 0 Å². The number of quaternary nitrogens is 1. The molecule has 4 bridgehead atoms. The molecule has 0 spiro atoms. The first kappa shape index (κ1) is 20.3. The van der Waals surface area contributed by atoms with Gasteiger partial charge in [0.05, 0.1) is 19.8 Å². The summed E-state index contributed by atoms with van der Waals surface area (Å²) in [5.41, 5.74) is 3.09. The van der Waals surface area contributed by atoms with E-state index in [2.05, 4.69) is 41.8 Å². The maximum Gasteiger partial charge on any atom is 0.315 e. The highest BCUT2D eigenvalue weighted by Crippen LogP contribution is 2.62. The minimum Gasteiger partial charge on any atom is -0.370 e. The SMILES string of the molecule is Cc1ccc(C23C[C@@H]4C[C@@H](CC(NC(=O)NCCC[NH+]5CCOCC5)(C4)C2)C3)cc1. The summed E-state index contributed by atoms with van der Waals surface area (Å²) in [6.07, 6.45) is 8.46. The van der Waals surface area contributed by atoms with Gasteiger partial charge in [-0.15, -0.1) is 0 Å². The second-order valence-corrected chi connectivity index (χ2v) is 10.7. The first-order chi connectivity index (χ1) is 14.5. The van der Waals surface area contributed by atoms with Gasteiger partial charge in [-0.1, -0.05) is 29.8 Å². The normalized spacial score (nSPS) is 35.4. The molecule has 4 saturated carbocycles. The lowest BCUT2D eigenvalue weighted by Crippen LogP contribution is -3.14. The highest BCUT2D eigenvalue weighted by atomic mass is 16.5. The van der Waals surface area contributed by atoms with E-state index in [-0.39, 0.29) is 17.0 Å². The van der Waals surface area contributed by atoms with Crippen molar-refractivity contribution in [2.45, 2.75) is 62.8 Å². The quantitative estimate of drug-likeness (QED) is 0.628. The lowest BCUT2D eigenvalue weighted by Gasteiger charge is -2.62. The third-order valence-corrected chi connectivity index (χ3v) is 8.30. The molecule has 2 unspecified atom stereocenters. The van der Waals surface area contributed by atoms with Crippen LogP contribution in [0.5, 0.6) is 0 Å². The average Bonchev–Trinajstić information content (AvgIpc) is 2.71. The number of amides is 2. The van der Waals surface area contributed by atoms with Crippen LogP contribution in [-0.4, -0.2) is 51.0 Å². The Morgan fingerprint density at radius 3 is 2.50 bits per heavy atom. The van der Waals surface area contributed by atoms with Gasteiger partial charge in [-0.25, -0.2) is 4.79 Å². The number of carbonyl (C=O) groups is 1. The molecular weight excluding hydrogens is 374 g/mol. The van der Waals surface area contributed by atoms with Gasteiger partial charge < -0.3 is 20.3 Å². The molecule has 1 aromatic rings. The topological polar surface area (TPSA) is 54.8 Å². The maximum absolute atomic E-state index is 12.8. The molecule has 5 heteroatoms. The molecule has 2 amide bonds. The van der Waals surface area contributed by atoms with Gasteiger partial charge in [-0.3, -0.25) is 0 Å². The summed E-state index contributed by atoms with van der Waals surface area (Å²) in [6.45, 7) is 7.99. The van der Waals surface area contributed by atoms with Crippen LogP contribution in [0.15, 0.2) is 24.3 Å². The Hall–Kier alpha value is -1.59. The first-order valence-corrected chi connectivity index (χ1v) is 12.1. The van der Waals surface area contributed by atoms with Gasteiger partial charge in [0, 0.05) is 18.5 Å². The number of hydrogen-bond acceptors (Lipinski definition) is 2. The molecule has 30 heavy (non-hydrogen) atoms. The maximum atomic E-state index is 12.8. The van der Waals surface area contributed by atoms with Gasteiger partial charge in [-0.2, -0.15) is 0 Å². The van der Waals surface area contributed by atoms with Crippen LogP contribution in [0.2, 0.25) is 0 Å². The Balaban J connectivity index is 1.19. The lowest BCUT2D eigenvalue weighted by molar-refractivity contribution is -0.908. The zero-order chi connectivity index (χ0) is 20.6. The summed E-state index contributed by atoms with van der Waals surface area (Å²) < 4.78 is 5.42. The van der Waals surface area contributed by atoms with Gasteiger partial charge in [0.25, 0.3) is 0 Å². The van der Waals surface area contributed by atoms with Gasteiger partial charge in [-0.05, 0) is 68.3 Å². The predicted molar refractivity (Wildman–Crippen MR) is 118 cm³/mol. The number of nitrogens with one attached hydrogen (secondary N) is 3. The van der Waals surface area contributed by atoms with Gasteiger partial charge in [0.1, 0.15) is 13.1 Å². The van der Waals surface area contributed by atoms with Crippen molar-refractivity contribution in [2.24, 2.45) is 11.8 Å². The van der Waals surface area contributed by atoms with E-state index in [4.69, 9.17) is 4.74 Å². The van der Waals surface area contributed by atoms with Crippen molar-refractivity contribution >= 4 is 6.03 Å². The van der Waals surface area contributed by atoms with Crippen molar-refractivity contribution in [1.29, 1.82) is 0 Å². The second kappa shape index (κ2) is 8.16. The molecule has 0 radical (unpaired) electrons. The van der Waals surface area contributed by atoms with Crippen LogP contribution in [0.1, 0.15) is 56.1 Å². The van der Waals surface area contributed by atoms with E-state index < -0.39 is 0 Å². The molecular formula is C25H38N3O2+. The zero-order valence-corrected chi connectivity index (χ0v) is 18.5. The predicted octanol–water partition coefficient (Wildman–Crippen LogP) is 2.19. The molecule has 1 aliphatic heterocycles. The van der Waals surface area contributed by atoms with Crippen molar-refractivity contribution < 1.29 is 14.4 Å². The molecule has 5 aliphatic rings. The molecule has 1 saturated heterocycles. The fourth-order valence-electron chi connectivity index (χ4n) is 7.39. The summed E-state index contributed by atoms with van der Waals surface area (Å²) in [7, 11) is 0. The Kier molecular flexibility index (Phi) is 5.53. The molecule has 1 heterocycles. The number of morpholine rings is 1. The highest BCUT2D eigenvalue weighted by molar-refractivity contribution is 5.75. The summed E-state index contributed by atoms with van der Waals surface area (Å²) >= 11 is 0. The minimum absolute atomic E-state index is 0.00545. The van der Waals surface area contributed by atoms with Gasteiger partial charge >= 0.3 is 6.03 Å². The Morgan fingerprint density at radius 2 is 1.80 bits per heavy atom. The van der Waals surface area contributed by atoms with E-state index in [0.29, 0.717) is 0 Å². The number of ether oxygens (including phenoxy) is 1. The Labute approximate surface area is 180 Å². The van der Waals surface area contributed by atoms with Crippen LogP contribution in [-0.2, 0) is 10.2 Å². The summed E-state index contributed by atoms with van der Waals surface area (Å²) in [5.74, 6) is 1.52. The van der Waals surface area contributed by atoms with Crippen molar-refractivity contribution in [3.8, 4) is 0 Å². The largest absolute Gasteiger partial charge is 0.370 e. The van der Waals surface area contributed by atoms with E-state index in [1.54, 1.807) is 4.90 Å². The number of aryl methyl sites for hydroxylation is 1. The van der Waals surface area contributed by atoms with Crippen LogP contribution < -0.4 is 15.5 Å². The molecule has 3 N–H and O–H groups in total. The fourth-order valence-corrected chi connectivity index (χ4v) is 7.39. The number of benzene rings is 1. The highest BCUT2D eigenvalue weighted by Gasteiger charge is 2.58. The zero-order valence-electron chi connectivity index (χ0n) is 18.5. The molecule has 1 aromatic carbocycles. The fraction of sp³-hybridized carbons (Fsp3) is 0.720. The van der Waals surface area contributed by atoms with Gasteiger partial charge in [0.15, 0.2) is 0 Å². The van der Waals surface area contributed by atoms with E-state index in [9.17, 15) is 4.79 Å². The summed E-state index contributed by atoms with van der Waals surface area (Å²) in [5, 5.41) is 6.65. The van der Waals surface area contributed by atoms with Crippen molar-refractivity contribution in [2.75, 3.05) is 39.4 Å². The number of urea groups is 1. The van der Waals surface area contributed by atoms with Crippen LogP contribution >= 0.6 is 0 Å². The van der Waals surface area contributed by atoms with Crippen LogP contribution in [0, 0.1) is 18.8 Å². The monoisotopic (exact) mass is 412 g/mol. The number of carbonyl (C=O) groups excluding carboxylic acids is 1. The number of hydrogen-bond donors (Lipinski definition) is 3. The molecule has 0 aromatic heterocycles. The lowest BCUT2D eigenvalue weighted by atomic mass is 9.45. The molecule has 4 aliphatic carbocycles. The third-order valence-electron chi connectivity index (χ3n) is 8.30. The number of rotatable bonds is 6. The van der Waals surface area contributed by atoms with Gasteiger partial charge in [0.2, 0.25) is 0 Å². The Morgan fingerprint density at radius 1 is 1.10 bits per heavy atom. The molecule has 5 fully saturated rings. The van der Waals surface area contributed by atoms with Crippen LogP contribution in [0.4, 0.5) is 4.79 Å². The van der Waals surface area contributed by atoms with E-state index in [1.807, 2.05) is 0 Å². The minimum atomic E-state index is -0.00545. The van der Waals surface area contributed by atoms with E-state index in [0.717, 1.165) is 64.1 Å². The summed E-state index contributed by atoms with van der Waals surface area (Å²) in [4.78, 5) is 14.4. The summed E-state index contributed by atoms with van der Waals surface area (Å²) in [6, 6.07) is 9.27. The Bertz CT molecular complexity index is 742. The standard InChI is InChI=1S/C25H37N3O2/c1-19-3-5-22(6-4-19)24-14-20-13-21(15-24)17-25(16-20,18-24)27-23(29)26-7-2-8-28-9-11-30-12-10-28/h3-6,20-21H,2,7-18H2,1H3,(H2,26,27,29)/p+1/t20-,21+,24?,25?. The average molecular weight is 413 g/mol. The third kappa shape index (κ3) is 4.11. The first-order valence-electron chi connectivity index (χ1n) is 12.1. The van der Waals surface area contributed by atoms with Crippen LogP contribution in [0.25, 0.3) is 0 Å². The molecule has 4 atom stereocenters. The van der Waals surface area contributed by atoms with Crippen molar-refractivity contribution in [1.82, 2.24) is 10.6 Å². The van der Waals surface area contributed by atoms with E-state index in [1.165, 1.54) is 43.2 Å².